The Hall–Kier alpha value is -3.18. The zero-order valence-corrected chi connectivity index (χ0v) is 21.4. The molecule has 0 unspecified atom stereocenters. The summed E-state index contributed by atoms with van der Waals surface area (Å²) in [4.78, 5) is 18.6. The molecule has 9 nitrogen and oxygen atoms in total. The summed E-state index contributed by atoms with van der Waals surface area (Å²) in [6.45, 7) is 0.635. The Balaban J connectivity index is 1.45. The third-order valence-corrected chi connectivity index (χ3v) is 8.19. The van der Waals surface area contributed by atoms with Crippen molar-refractivity contribution in [3.63, 3.8) is 0 Å². The maximum absolute atomic E-state index is 13.1. The number of carbonyl (C=O) groups excluding carboxylic acids is 1. The van der Waals surface area contributed by atoms with Crippen molar-refractivity contribution >= 4 is 43.2 Å². The molecule has 1 fully saturated rings. The summed E-state index contributed by atoms with van der Waals surface area (Å²) in [5.74, 6) is -4.99. The SMILES string of the molecule is CC(F)(F)CCOC1(O)CCN(C(=O)c2ccc(NS(=O)(=O)c3cccc4scnc34)cc2C#N)CC1. The highest BCUT2D eigenvalue weighted by atomic mass is 32.2. The number of nitriles is 1. The Morgan fingerprint density at radius 1 is 1.32 bits per heavy atom. The van der Waals surface area contributed by atoms with Crippen LogP contribution >= 0.6 is 11.3 Å². The minimum absolute atomic E-state index is 0.00408. The van der Waals surface area contributed by atoms with Crippen LogP contribution < -0.4 is 4.72 Å². The van der Waals surface area contributed by atoms with Crippen molar-refractivity contribution in [1.82, 2.24) is 9.88 Å². The lowest BCUT2D eigenvalue weighted by Crippen LogP contribution is -2.48. The Morgan fingerprint density at radius 3 is 2.73 bits per heavy atom. The summed E-state index contributed by atoms with van der Waals surface area (Å²) in [5.41, 5.74) is 2.04. The lowest BCUT2D eigenvalue weighted by Gasteiger charge is -2.38. The van der Waals surface area contributed by atoms with E-state index in [1.807, 2.05) is 6.07 Å². The summed E-state index contributed by atoms with van der Waals surface area (Å²) < 4.78 is 60.4. The third-order valence-electron chi connectivity index (χ3n) is 5.98. The summed E-state index contributed by atoms with van der Waals surface area (Å²) in [6, 6.07) is 10.8. The summed E-state index contributed by atoms with van der Waals surface area (Å²) in [7, 11) is -4.02. The van der Waals surface area contributed by atoms with Crippen LogP contribution in [-0.4, -0.2) is 60.7 Å². The second-order valence-corrected chi connectivity index (χ2v) is 11.4. The first kappa shape index (κ1) is 26.9. The van der Waals surface area contributed by atoms with Gasteiger partial charge in [-0.1, -0.05) is 6.07 Å². The Bertz CT molecular complexity index is 1460. The maximum Gasteiger partial charge on any atom is 0.264 e. The summed E-state index contributed by atoms with van der Waals surface area (Å²) >= 11 is 1.31. The molecule has 2 heterocycles. The molecule has 37 heavy (non-hydrogen) atoms. The van der Waals surface area contributed by atoms with E-state index in [1.165, 1.54) is 40.5 Å². The van der Waals surface area contributed by atoms with Gasteiger partial charge in [0.2, 0.25) is 5.92 Å². The van der Waals surface area contributed by atoms with E-state index >= 15 is 0 Å². The zero-order chi connectivity index (χ0) is 26.8. The number of nitrogens with zero attached hydrogens (tertiary/aromatic N) is 3. The minimum Gasteiger partial charge on any atom is -0.365 e. The second kappa shape index (κ2) is 10.3. The predicted molar refractivity (Wildman–Crippen MR) is 133 cm³/mol. The lowest BCUT2D eigenvalue weighted by molar-refractivity contribution is -0.229. The molecular weight excluding hydrogens is 526 g/mol. The molecule has 1 saturated heterocycles. The molecule has 0 radical (unpaired) electrons. The lowest BCUT2D eigenvalue weighted by atomic mass is 10.0. The average molecular weight is 551 g/mol. The van der Waals surface area contributed by atoms with Crippen LogP contribution in [0.3, 0.4) is 0 Å². The van der Waals surface area contributed by atoms with E-state index in [2.05, 4.69) is 9.71 Å². The van der Waals surface area contributed by atoms with Crippen molar-refractivity contribution < 1.29 is 31.8 Å². The maximum atomic E-state index is 13.1. The third kappa shape index (κ3) is 6.22. The van der Waals surface area contributed by atoms with Crippen LogP contribution in [-0.2, 0) is 14.8 Å². The number of hydrogen-bond donors (Lipinski definition) is 2. The van der Waals surface area contributed by atoms with E-state index in [1.54, 1.807) is 17.6 Å². The zero-order valence-electron chi connectivity index (χ0n) is 19.8. The van der Waals surface area contributed by atoms with E-state index in [0.29, 0.717) is 10.2 Å². The Kier molecular flexibility index (Phi) is 7.48. The van der Waals surface area contributed by atoms with E-state index < -0.39 is 34.1 Å². The van der Waals surface area contributed by atoms with Crippen molar-refractivity contribution in [3.8, 4) is 6.07 Å². The first-order valence-corrected chi connectivity index (χ1v) is 13.7. The molecule has 1 aliphatic rings. The number of piperidine rings is 1. The van der Waals surface area contributed by atoms with Gasteiger partial charge >= 0.3 is 0 Å². The number of fused-ring (bicyclic) bond motifs is 1. The molecule has 2 aromatic carbocycles. The number of rotatable bonds is 8. The molecule has 4 rings (SSSR count). The van der Waals surface area contributed by atoms with Crippen molar-refractivity contribution in [2.24, 2.45) is 0 Å². The second-order valence-electron chi connectivity index (χ2n) is 8.84. The van der Waals surface area contributed by atoms with Gasteiger partial charge in [0.1, 0.15) is 16.5 Å². The van der Waals surface area contributed by atoms with E-state index in [4.69, 9.17) is 4.74 Å². The van der Waals surface area contributed by atoms with Gasteiger partial charge in [-0.05, 0) is 37.3 Å². The molecule has 1 amide bonds. The fourth-order valence-electron chi connectivity index (χ4n) is 3.97. The van der Waals surface area contributed by atoms with Gasteiger partial charge < -0.3 is 14.7 Å². The number of hydrogen-bond acceptors (Lipinski definition) is 8. The molecule has 1 aliphatic heterocycles. The summed E-state index contributed by atoms with van der Waals surface area (Å²) in [6.07, 6.45) is -0.482. The number of aliphatic hydroxyl groups is 1. The number of benzene rings is 2. The number of nitrogens with one attached hydrogen (secondary N) is 1. The van der Waals surface area contributed by atoms with Gasteiger partial charge in [0.05, 0.1) is 33.6 Å². The monoisotopic (exact) mass is 550 g/mol. The fourth-order valence-corrected chi connectivity index (χ4v) is 5.96. The summed E-state index contributed by atoms with van der Waals surface area (Å²) in [5, 5.41) is 20.1. The normalized spacial score (nSPS) is 15.9. The van der Waals surface area contributed by atoms with Gasteiger partial charge in [-0.15, -0.1) is 11.3 Å². The van der Waals surface area contributed by atoms with E-state index in [9.17, 15) is 32.4 Å². The molecule has 0 bridgehead atoms. The van der Waals surface area contributed by atoms with Gasteiger partial charge in [-0.3, -0.25) is 9.52 Å². The topological polar surface area (TPSA) is 133 Å². The van der Waals surface area contributed by atoms with Crippen LogP contribution in [0.25, 0.3) is 10.2 Å². The van der Waals surface area contributed by atoms with Crippen LogP contribution in [0.1, 0.15) is 42.1 Å². The molecule has 0 spiro atoms. The number of ether oxygens (including phenoxy) is 1. The number of aromatic nitrogens is 1. The molecule has 1 aromatic heterocycles. The van der Waals surface area contributed by atoms with Gasteiger partial charge in [0, 0.05) is 32.4 Å². The average Bonchev–Trinajstić information content (AvgIpc) is 3.32. The number of amides is 1. The highest BCUT2D eigenvalue weighted by molar-refractivity contribution is 7.93. The number of halogens is 2. The van der Waals surface area contributed by atoms with Gasteiger partial charge in [-0.2, -0.15) is 5.26 Å². The minimum atomic E-state index is -4.02. The van der Waals surface area contributed by atoms with Crippen molar-refractivity contribution in [3.05, 3.63) is 53.0 Å². The van der Waals surface area contributed by atoms with Gasteiger partial charge in [0.15, 0.2) is 5.79 Å². The van der Waals surface area contributed by atoms with Gasteiger partial charge in [-0.25, -0.2) is 22.2 Å². The molecule has 0 atom stereocenters. The molecular formula is C24H24F2N4O5S2. The number of likely N-dealkylation sites (tertiary alicyclic amines) is 1. The van der Waals surface area contributed by atoms with Crippen molar-refractivity contribution in [2.75, 3.05) is 24.4 Å². The smallest absolute Gasteiger partial charge is 0.264 e. The Labute approximate surface area is 216 Å². The molecule has 196 valence electrons. The number of para-hydroxylation sites is 1. The number of carbonyl (C=O) groups is 1. The fraction of sp³-hybridized carbons (Fsp3) is 0.375. The van der Waals surface area contributed by atoms with Crippen LogP contribution in [0.15, 0.2) is 46.8 Å². The van der Waals surface area contributed by atoms with E-state index in [-0.39, 0.29) is 54.2 Å². The Morgan fingerprint density at radius 2 is 2.05 bits per heavy atom. The van der Waals surface area contributed by atoms with Crippen LogP contribution in [0.2, 0.25) is 0 Å². The van der Waals surface area contributed by atoms with Gasteiger partial charge in [0.25, 0.3) is 15.9 Å². The molecule has 0 saturated carbocycles. The predicted octanol–water partition coefficient (Wildman–Crippen LogP) is 3.96. The number of sulfonamides is 1. The highest BCUT2D eigenvalue weighted by Crippen LogP contribution is 2.29. The van der Waals surface area contributed by atoms with Crippen molar-refractivity contribution in [1.29, 1.82) is 5.26 Å². The quantitative estimate of drug-likeness (QED) is 0.406. The van der Waals surface area contributed by atoms with Crippen LogP contribution in [0.4, 0.5) is 14.5 Å². The molecule has 3 aromatic rings. The van der Waals surface area contributed by atoms with Crippen LogP contribution in [0.5, 0.6) is 0 Å². The first-order chi connectivity index (χ1) is 17.4. The van der Waals surface area contributed by atoms with Crippen LogP contribution in [0, 0.1) is 11.3 Å². The molecule has 0 aliphatic carbocycles. The largest absolute Gasteiger partial charge is 0.365 e. The number of alkyl halides is 2. The molecule has 13 heteroatoms. The standard InChI is InChI=1S/C24H24F2N4O5S2/c1-23(25,26)9-12-35-24(32)7-10-30(11-8-24)22(31)18-6-5-17(13-16(18)14-27)29-37(33,34)20-4-2-3-19-21(20)28-15-36-19/h2-6,13,15,29,32H,7-12H2,1H3. The first-order valence-electron chi connectivity index (χ1n) is 11.3. The van der Waals surface area contributed by atoms with Crippen molar-refractivity contribution in [2.45, 2.75) is 42.8 Å². The highest BCUT2D eigenvalue weighted by Gasteiger charge is 2.36. The number of anilines is 1. The number of thiazole rings is 1. The molecule has 2 N–H and O–H groups in total. The van der Waals surface area contributed by atoms with E-state index in [0.717, 1.165) is 6.92 Å².